The fourth-order valence-electron chi connectivity index (χ4n) is 2.68. The maximum atomic E-state index is 14.1. The van der Waals surface area contributed by atoms with E-state index < -0.39 is 5.82 Å². The Labute approximate surface area is 146 Å². The number of aliphatic hydroxyl groups is 1. The van der Waals surface area contributed by atoms with E-state index in [4.69, 9.17) is 16.3 Å². The van der Waals surface area contributed by atoms with Crippen LogP contribution in [0, 0.1) is 5.82 Å². The van der Waals surface area contributed by atoms with Gasteiger partial charge < -0.3 is 9.84 Å². The molecule has 130 valence electrons. The third kappa shape index (κ3) is 4.66. The third-order valence-corrected chi connectivity index (χ3v) is 4.24. The lowest BCUT2D eigenvalue weighted by molar-refractivity contribution is 0.106. The van der Waals surface area contributed by atoms with E-state index in [-0.39, 0.29) is 23.4 Å². The second-order valence-corrected chi connectivity index (χ2v) is 6.01. The Kier molecular flexibility index (Phi) is 6.97. The molecule has 1 atom stereocenters. The van der Waals surface area contributed by atoms with Crippen LogP contribution >= 0.6 is 11.6 Å². The first kappa shape index (κ1) is 18.6. The van der Waals surface area contributed by atoms with Crippen molar-refractivity contribution < 1.29 is 14.2 Å². The minimum absolute atomic E-state index is 0.0309. The predicted molar refractivity (Wildman–Crippen MR) is 92.6 cm³/mol. The number of ether oxygens (including phenoxy) is 1. The fourth-order valence-corrected chi connectivity index (χ4v) is 2.98. The minimum Gasteiger partial charge on any atom is -0.492 e. The van der Waals surface area contributed by atoms with Crippen molar-refractivity contribution in [3.8, 4) is 5.75 Å². The normalized spacial score (nSPS) is 12.4. The Bertz CT molecular complexity index is 628. The van der Waals surface area contributed by atoms with Crippen LogP contribution in [0.2, 0.25) is 5.02 Å². The van der Waals surface area contributed by atoms with Crippen LogP contribution < -0.4 is 4.74 Å². The van der Waals surface area contributed by atoms with Crippen LogP contribution in [-0.2, 0) is 13.1 Å². The van der Waals surface area contributed by atoms with E-state index in [2.05, 4.69) is 9.88 Å². The maximum absolute atomic E-state index is 14.1. The van der Waals surface area contributed by atoms with Crippen molar-refractivity contribution in [1.82, 2.24) is 9.88 Å². The average Bonchev–Trinajstić information content (AvgIpc) is 2.56. The van der Waals surface area contributed by atoms with E-state index in [0.717, 1.165) is 17.5 Å². The van der Waals surface area contributed by atoms with Crippen molar-refractivity contribution in [3.05, 3.63) is 58.6 Å². The van der Waals surface area contributed by atoms with Crippen molar-refractivity contribution in [2.75, 3.05) is 13.7 Å². The Hall–Kier alpha value is -1.69. The van der Waals surface area contributed by atoms with Gasteiger partial charge in [-0.1, -0.05) is 24.6 Å². The number of benzene rings is 1. The molecule has 0 saturated carbocycles. The predicted octanol–water partition coefficient (Wildman–Crippen LogP) is 3.66. The monoisotopic (exact) mass is 352 g/mol. The van der Waals surface area contributed by atoms with Gasteiger partial charge in [0, 0.05) is 31.5 Å². The largest absolute Gasteiger partial charge is 0.492 e. The topological polar surface area (TPSA) is 45.6 Å². The van der Waals surface area contributed by atoms with Crippen molar-refractivity contribution in [1.29, 1.82) is 0 Å². The number of halogens is 2. The number of pyridine rings is 1. The molecule has 2 rings (SSSR count). The van der Waals surface area contributed by atoms with Crippen molar-refractivity contribution >= 4 is 11.6 Å². The molecule has 0 radical (unpaired) electrons. The van der Waals surface area contributed by atoms with Crippen LogP contribution in [0.15, 0.2) is 36.7 Å². The number of hydrogen-bond acceptors (Lipinski definition) is 4. The SMILES string of the molecule is CC[C@@H](CO)N(Cc1cccnc1)Cc1cc(F)c(OC)c(Cl)c1. The van der Waals surface area contributed by atoms with Crippen LogP contribution in [0.5, 0.6) is 5.75 Å². The van der Waals surface area contributed by atoms with Crippen LogP contribution in [0.1, 0.15) is 24.5 Å². The lowest BCUT2D eigenvalue weighted by Crippen LogP contribution is -2.36. The van der Waals surface area contributed by atoms with Gasteiger partial charge in [0.25, 0.3) is 0 Å². The molecule has 0 aliphatic carbocycles. The number of hydrogen-bond donors (Lipinski definition) is 1. The molecular weight excluding hydrogens is 331 g/mol. The zero-order valence-corrected chi connectivity index (χ0v) is 14.6. The molecule has 0 spiro atoms. The highest BCUT2D eigenvalue weighted by Gasteiger charge is 2.19. The molecule has 1 heterocycles. The maximum Gasteiger partial charge on any atom is 0.173 e. The summed E-state index contributed by atoms with van der Waals surface area (Å²) < 4.78 is 19.0. The number of aliphatic hydroxyl groups excluding tert-OH is 1. The van der Waals surface area contributed by atoms with E-state index >= 15 is 0 Å². The van der Waals surface area contributed by atoms with Crippen molar-refractivity contribution in [2.45, 2.75) is 32.5 Å². The molecule has 24 heavy (non-hydrogen) atoms. The summed E-state index contributed by atoms with van der Waals surface area (Å²) in [6.45, 7) is 3.12. The lowest BCUT2D eigenvalue weighted by atomic mass is 10.1. The fraction of sp³-hybridized carbons (Fsp3) is 0.389. The van der Waals surface area contributed by atoms with Crippen LogP contribution in [0.25, 0.3) is 0 Å². The molecular formula is C18H22ClFN2O2. The van der Waals surface area contributed by atoms with Gasteiger partial charge in [0.1, 0.15) is 0 Å². The van der Waals surface area contributed by atoms with Gasteiger partial charge in [-0.3, -0.25) is 9.88 Å². The quantitative estimate of drug-likeness (QED) is 0.787. The second kappa shape index (κ2) is 8.97. The summed E-state index contributed by atoms with van der Waals surface area (Å²) in [7, 11) is 1.39. The lowest BCUT2D eigenvalue weighted by Gasteiger charge is -2.30. The molecule has 1 aromatic carbocycles. The Morgan fingerprint density at radius 3 is 2.62 bits per heavy atom. The number of methoxy groups -OCH3 is 1. The van der Waals surface area contributed by atoms with Gasteiger partial charge in [-0.15, -0.1) is 0 Å². The van der Waals surface area contributed by atoms with Gasteiger partial charge in [-0.2, -0.15) is 0 Å². The molecule has 0 amide bonds. The number of nitrogens with zero attached hydrogens (tertiary/aromatic N) is 2. The highest BCUT2D eigenvalue weighted by molar-refractivity contribution is 6.32. The molecule has 0 unspecified atom stereocenters. The van der Waals surface area contributed by atoms with Crippen LogP contribution in [0.3, 0.4) is 0 Å². The van der Waals surface area contributed by atoms with Gasteiger partial charge >= 0.3 is 0 Å². The van der Waals surface area contributed by atoms with E-state index in [0.29, 0.717) is 13.1 Å². The Morgan fingerprint density at radius 2 is 2.08 bits per heavy atom. The van der Waals surface area contributed by atoms with Gasteiger partial charge in [0.05, 0.1) is 18.7 Å². The third-order valence-electron chi connectivity index (χ3n) is 3.95. The summed E-state index contributed by atoms with van der Waals surface area (Å²) in [5.41, 5.74) is 1.76. The van der Waals surface area contributed by atoms with Crippen LogP contribution in [-0.4, -0.2) is 34.7 Å². The molecule has 0 aliphatic rings. The Balaban J connectivity index is 2.24. The molecule has 2 aromatic rings. The smallest absolute Gasteiger partial charge is 0.173 e. The molecule has 0 saturated heterocycles. The van der Waals surface area contributed by atoms with Crippen molar-refractivity contribution in [3.63, 3.8) is 0 Å². The summed E-state index contributed by atoms with van der Waals surface area (Å²) in [5, 5.41) is 9.91. The second-order valence-electron chi connectivity index (χ2n) is 5.60. The van der Waals surface area contributed by atoms with E-state index in [1.54, 1.807) is 18.5 Å². The van der Waals surface area contributed by atoms with Crippen LogP contribution in [0.4, 0.5) is 4.39 Å². The first-order valence-corrected chi connectivity index (χ1v) is 8.22. The molecule has 4 nitrogen and oxygen atoms in total. The van der Waals surface area contributed by atoms with Gasteiger partial charge in [0.2, 0.25) is 0 Å². The van der Waals surface area contributed by atoms with Gasteiger partial charge in [-0.25, -0.2) is 4.39 Å². The summed E-state index contributed by atoms with van der Waals surface area (Å²) in [4.78, 5) is 6.21. The highest BCUT2D eigenvalue weighted by atomic mass is 35.5. The standard InChI is InChI=1S/C18H22ClFN2O2/c1-3-15(12-23)22(10-13-5-4-6-21-9-13)11-14-7-16(19)18(24-2)17(20)8-14/h4-9,15,23H,3,10-12H2,1-2H3/t15-/m0/s1. The molecule has 6 heteroatoms. The zero-order valence-electron chi connectivity index (χ0n) is 13.9. The summed E-state index contributed by atoms with van der Waals surface area (Å²) in [5.74, 6) is -0.438. The number of rotatable bonds is 8. The van der Waals surface area contributed by atoms with Gasteiger partial charge in [0.15, 0.2) is 11.6 Å². The van der Waals surface area contributed by atoms with E-state index in [9.17, 15) is 9.50 Å². The number of aromatic nitrogens is 1. The molecule has 0 bridgehead atoms. The minimum atomic E-state index is -0.488. The zero-order chi connectivity index (χ0) is 17.5. The van der Waals surface area contributed by atoms with E-state index in [1.807, 2.05) is 19.1 Å². The van der Waals surface area contributed by atoms with E-state index in [1.165, 1.54) is 13.2 Å². The molecule has 0 aliphatic heterocycles. The molecule has 1 aromatic heterocycles. The Morgan fingerprint density at radius 1 is 1.33 bits per heavy atom. The molecule has 1 N–H and O–H groups in total. The summed E-state index contributed by atoms with van der Waals surface area (Å²) in [6.07, 6.45) is 4.29. The molecule has 0 fully saturated rings. The first-order chi connectivity index (χ1) is 11.6. The van der Waals surface area contributed by atoms with Crippen molar-refractivity contribution in [2.24, 2.45) is 0 Å². The van der Waals surface area contributed by atoms with Gasteiger partial charge in [-0.05, 0) is 35.7 Å². The highest BCUT2D eigenvalue weighted by Crippen LogP contribution is 2.29. The summed E-state index contributed by atoms with van der Waals surface area (Å²) >= 11 is 6.08. The average molecular weight is 353 g/mol. The first-order valence-electron chi connectivity index (χ1n) is 7.84. The summed E-state index contributed by atoms with van der Waals surface area (Å²) in [6, 6.07) is 6.94.